The SMILES string of the molecule is CC(C)CSc1ccc([N+](=O)[O-])c(SCC(C)C)c1. The minimum atomic E-state index is -0.292. The van der Waals surface area contributed by atoms with E-state index in [4.69, 9.17) is 0 Å². The van der Waals surface area contributed by atoms with Gasteiger partial charge in [0.15, 0.2) is 0 Å². The summed E-state index contributed by atoms with van der Waals surface area (Å²) in [7, 11) is 0. The van der Waals surface area contributed by atoms with Crippen LogP contribution in [0.15, 0.2) is 28.0 Å². The molecule has 5 heteroatoms. The van der Waals surface area contributed by atoms with E-state index in [9.17, 15) is 10.1 Å². The molecule has 1 rings (SSSR count). The van der Waals surface area contributed by atoms with E-state index in [1.807, 2.05) is 12.1 Å². The average Bonchev–Trinajstić information content (AvgIpc) is 2.33. The van der Waals surface area contributed by atoms with Gasteiger partial charge in [-0.05, 0) is 24.0 Å². The molecular weight excluding hydrogens is 278 g/mol. The number of nitro groups is 1. The highest BCUT2D eigenvalue weighted by Crippen LogP contribution is 2.34. The lowest BCUT2D eigenvalue weighted by atomic mass is 10.3. The first-order chi connectivity index (χ1) is 8.90. The minimum absolute atomic E-state index is 0.222. The van der Waals surface area contributed by atoms with Crippen molar-refractivity contribution in [3.63, 3.8) is 0 Å². The molecule has 0 atom stereocenters. The van der Waals surface area contributed by atoms with E-state index in [-0.39, 0.29) is 10.6 Å². The predicted octanol–water partition coefficient (Wildman–Crippen LogP) is 5.09. The molecule has 0 N–H and O–H groups in total. The quantitative estimate of drug-likeness (QED) is 0.399. The van der Waals surface area contributed by atoms with Crippen LogP contribution in [0.1, 0.15) is 27.7 Å². The molecule has 0 aromatic heterocycles. The maximum Gasteiger partial charge on any atom is 0.282 e. The van der Waals surface area contributed by atoms with E-state index in [2.05, 4.69) is 27.7 Å². The molecule has 1 aromatic carbocycles. The highest BCUT2D eigenvalue weighted by atomic mass is 32.2. The zero-order valence-electron chi connectivity index (χ0n) is 11.9. The molecule has 0 aliphatic heterocycles. The summed E-state index contributed by atoms with van der Waals surface area (Å²) in [4.78, 5) is 12.6. The third-order valence-corrected chi connectivity index (χ3v) is 5.18. The molecule has 0 saturated heterocycles. The van der Waals surface area contributed by atoms with Crippen LogP contribution in [-0.2, 0) is 0 Å². The van der Waals surface area contributed by atoms with Crippen LogP contribution in [0.5, 0.6) is 0 Å². The third-order valence-electron chi connectivity index (χ3n) is 2.28. The molecule has 3 nitrogen and oxygen atoms in total. The van der Waals surface area contributed by atoms with Crippen LogP contribution in [0.25, 0.3) is 0 Å². The summed E-state index contributed by atoms with van der Waals surface area (Å²) >= 11 is 3.34. The van der Waals surface area contributed by atoms with Crippen LogP contribution in [0.2, 0.25) is 0 Å². The number of hydrogen-bond donors (Lipinski definition) is 0. The summed E-state index contributed by atoms with van der Waals surface area (Å²) in [5, 5.41) is 11.0. The molecule has 0 saturated carbocycles. The molecule has 0 heterocycles. The van der Waals surface area contributed by atoms with Gasteiger partial charge in [0.2, 0.25) is 0 Å². The molecule has 0 bridgehead atoms. The number of rotatable bonds is 7. The first kappa shape index (κ1) is 16.4. The summed E-state index contributed by atoms with van der Waals surface area (Å²) in [5.74, 6) is 3.08. The van der Waals surface area contributed by atoms with E-state index in [0.717, 1.165) is 21.3 Å². The van der Waals surface area contributed by atoms with Gasteiger partial charge in [-0.25, -0.2) is 0 Å². The zero-order valence-corrected chi connectivity index (χ0v) is 13.5. The van der Waals surface area contributed by atoms with Crippen molar-refractivity contribution in [2.45, 2.75) is 37.5 Å². The number of hydrogen-bond acceptors (Lipinski definition) is 4. The fourth-order valence-corrected chi connectivity index (χ4v) is 3.35. The maximum absolute atomic E-state index is 11.0. The van der Waals surface area contributed by atoms with Gasteiger partial charge in [-0.15, -0.1) is 23.5 Å². The highest BCUT2D eigenvalue weighted by Gasteiger charge is 2.15. The van der Waals surface area contributed by atoms with Crippen molar-refractivity contribution in [1.82, 2.24) is 0 Å². The van der Waals surface area contributed by atoms with Crippen LogP contribution < -0.4 is 0 Å². The van der Waals surface area contributed by atoms with Gasteiger partial charge in [0.25, 0.3) is 5.69 Å². The molecule has 0 unspecified atom stereocenters. The Balaban J connectivity index is 2.87. The van der Waals surface area contributed by atoms with Crippen molar-refractivity contribution in [3.05, 3.63) is 28.3 Å². The van der Waals surface area contributed by atoms with E-state index in [1.165, 1.54) is 0 Å². The summed E-state index contributed by atoms with van der Waals surface area (Å²) in [6.45, 7) is 8.59. The van der Waals surface area contributed by atoms with Gasteiger partial charge in [0.05, 0.1) is 9.82 Å². The predicted molar refractivity (Wildman–Crippen MR) is 84.2 cm³/mol. The largest absolute Gasteiger partial charge is 0.282 e. The number of nitro benzene ring substituents is 1. The molecule has 0 spiro atoms. The van der Waals surface area contributed by atoms with Crippen molar-refractivity contribution in [3.8, 4) is 0 Å². The molecule has 0 amide bonds. The monoisotopic (exact) mass is 299 g/mol. The topological polar surface area (TPSA) is 43.1 Å². The number of benzene rings is 1. The fraction of sp³-hybridized carbons (Fsp3) is 0.571. The molecule has 1 aromatic rings. The standard InChI is InChI=1S/C14H21NO2S2/c1-10(2)8-18-12-5-6-13(15(16)17)14(7-12)19-9-11(3)4/h5-7,10-11H,8-9H2,1-4H3. The van der Waals surface area contributed by atoms with Crippen LogP contribution in [0.4, 0.5) is 5.69 Å². The summed E-state index contributed by atoms with van der Waals surface area (Å²) in [6.07, 6.45) is 0. The Morgan fingerprint density at radius 3 is 2.21 bits per heavy atom. The van der Waals surface area contributed by atoms with Crippen molar-refractivity contribution in [2.75, 3.05) is 11.5 Å². The number of nitrogens with zero attached hydrogens (tertiary/aromatic N) is 1. The second kappa shape index (κ2) is 7.80. The molecule has 0 radical (unpaired) electrons. The summed E-state index contributed by atoms with van der Waals surface area (Å²) in [5.41, 5.74) is 0.222. The van der Waals surface area contributed by atoms with Gasteiger partial charge in [-0.2, -0.15) is 0 Å². The van der Waals surface area contributed by atoms with Gasteiger partial charge in [-0.3, -0.25) is 10.1 Å². The molecule has 0 fully saturated rings. The van der Waals surface area contributed by atoms with E-state index in [0.29, 0.717) is 11.8 Å². The Morgan fingerprint density at radius 2 is 1.68 bits per heavy atom. The molecule has 0 aliphatic carbocycles. The first-order valence-corrected chi connectivity index (χ1v) is 8.41. The maximum atomic E-state index is 11.0. The average molecular weight is 299 g/mol. The first-order valence-electron chi connectivity index (χ1n) is 6.44. The van der Waals surface area contributed by atoms with E-state index >= 15 is 0 Å². The van der Waals surface area contributed by atoms with Gasteiger partial charge in [0.1, 0.15) is 0 Å². The van der Waals surface area contributed by atoms with Crippen LogP contribution in [-0.4, -0.2) is 16.4 Å². The van der Waals surface area contributed by atoms with Crippen LogP contribution >= 0.6 is 23.5 Å². The summed E-state index contributed by atoms with van der Waals surface area (Å²) < 4.78 is 0. The Bertz CT molecular complexity index is 433. The normalized spacial score (nSPS) is 11.3. The highest BCUT2D eigenvalue weighted by molar-refractivity contribution is 8.00. The molecule has 106 valence electrons. The van der Waals surface area contributed by atoms with Gasteiger partial charge >= 0.3 is 0 Å². The Morgan fingerprint density at radius 1 is 1.11 bits per heavy atom. The minimum Gasteiger partial charge on any atom is -0.258 e. The fourth-order valence-electron chi connectivity index (χ4n) is 1.37. The molecule has 0 aliphatic rings. The smallest absolute Gasteiger partial charge is 0.258 e. The van der Waals surface area contributed by atoms with Crippen LogP contribution in [0, 0.1) is 22.0 Å². The Kier molecular flexibility index (Phi) is 6.72. The molecular formula is C14H21NO2S2. The van der Waals surface area contributed by atoms with Crippen molar-refractivity contribution < 1.29 is 4.92 Å². The van der Waals surface area contributed by atoms with Crippen molar-refractivity contribution in [1.29, 1.82) is 0 Å². The van der Waals surface area contributed by atoms with Gasteiger partial charge in [-0.1, -0.05) is 27.7 Å². The van der Waals surface area contributed by atoms with E-state index in [1.54, 1.807) is 29.6 Å². The van der Waals surface area contributed by atoms with Crippen molar-refractivity contribution >= 4 is 29.2 Å². The molecule has 19 heavy (non-hydrogen) atoms. The van der Waals surface area contributed by atoms with Crippen LogP contribution in [0.3, 0.4) is 0 Å². The Hall–Kier alpha value is -0.680. The summed E-state index contributed by atoms with van der Waals surface area (Å²) in [6, 6.07) is 5.44. The lowest BCUT2D eigenvalue weighted by Gasteiger charge is -2.09. The van der Waals surface area contributed by atoms with E-state index < -0.39 is 0 Å². The lowest BCUT2D eigenvalue weighted by Crippen LogP contribution is -1.96. The van der Waals surface area contributed by atoms with Gasteiger partial charge in [0, 0.05) is 22.5 Å². The lowest BCUT2D eigenvalue weighted by molar-refractivity contribution is -0.387. The Labute approximate surface area is 123 Å². The number of thioether (sulfide) groups is 2. The third kappa shape index (κ3) is 5.87. The zero-order chi connectivity index (χ0) is 14.4. The second-order valence-corrected chi connectivity index (χ2v) is 7.45. The second-order valence-electron chi connectivity index (χ2n) is 5.30. The van der Waals surface area contributed by atoms with Gasteiger partial charge < -0.3 is 0 Å². The van der Waals surface area contributed by atoms with Crippen molar-refractivity contribution in [2.24, 2.45) is 11.8 Å².